The summed E-state index contributed by atoms with van der Waals surface area (Å²) in [5, 5.41) is 3.18. The third-order valence-corrected chi connectivity index (χ3v) is 6.47. The third kappa shape index (κ3) is 5.14. The monoisotopic (exact) mass is 453 g/mol. The largest absolute Gasteiger partial charge is 0.345 e. The molecule has 1 N–H and O–H groups in total. The maximum Gasteiger partial charge on any atom is 0.241 e. The van der Waals surface area contributed by atoms with Crippen molar-refractivity contribution in [3.05, 3.63) is 77.4 Å². The summed E-state index contributed by atoms with van der Waals surface area (Å²) in [6.45, 7) is 2.75. The lowest BCUT2D eigenvalue weighted by atomic mass is 10.0. The molecule has 1 aliphatic heterocycles. The topological polar surface area (TPSA) is 52.7 Å². The molecule has 2 amide bonds. The van der Waals surface area contributed by atoms with Crippen molar-refractivity contribution in [2.45, 2.75) is 31.8 Å². The van der Waals surface area contributed by atoms with E-state index in [1.165, 1.54) is 6.07 Å². The van der Waals surface area contributed by atoms with E-state index in [4.69, 9.17) is 0 Å². The third-order valence-electron chi connectivity index (χ3n) is 6.47. The van der Waals surface area contributed by atoms with Crippen LogP contribution in [0.25, 0.3) is 5.57 Å². The molecule has 0 spiro atoms. The van der Waals surface area contributed by atoms with Crippen molar-refractivity contribution < 1.29 is 18.4 Å². The Hall–Kier alpha value is -3.06. The van der Waals surface area contributed by atoms with Crippen LogP contribution in [-0.2, 0) is 9.59 Å². The molecule has 1 heterocycles. The molecule has 0 unspecified atom stereocenters. The van der Waals surface area contributed by atoms with E-state index in [0.717, 1.165) is 30.5 Å². The fourth-order valence-corrected chi connectivity index (χ4v) is 4.25. The molecule has 2 aliphatic rings. The van der Waals surface area contributed by atoms with Crippen LogP contribution in [-0.4, -0.2) is 54.3 Å². The molecule has 0 radical (unpaired) electrons. The molecule has 2 aromatic rings. The minimum Gasteiger partial charge on any atom is -0.345 e. The zero-order valence-corrected chi connectivity index (χ0v) is 18.9. The number of rotatable bonds is 8. The molecule has 1 aliphatic carbocycles. The van der Waals surface area contributed by atoms with Crippen LogP contribution in [0.2, 0.25) is 0 Å². The van der Waals surface area contributed by atoms with Gasteiger partial charge in [0, 0.05) is 25.7 Å². The summed E-state index contributed by atoms with van der Waals surface area (Å²) in [5.41, 5.74) is 1.64. The van der Waals surface area contributed by atoms with Crippen molar-refractivity contribution in [2.24, 2.45) is 5.92 Å². The molecule has 33 heavy (non-hydrogen) atoms. The lowest BCUT2D eigenvalue weighted by molar-refractivity contribution is -0.135. The molecule has 0 saturated heterocycles. The number of hydrogen-bond acceptors (Lipinski definition) is 3. The lowest BCUT2D eigenvalue weighted by Crippen LogP contribution is -2.50. The molecule has 174 valence electrons. The highest BCUT2D eigenvalue weighted by Crippen LogP contribution is 2.39. The zero-order valence-electron chi connectivity index (χ0n) is 18.9. The molecule has 2 atom stereocenters. The quantitative estimate of drug-likeness (QED) is 0.662. The van der Waals surface area contributed by atoms with Gasteiger partial charge in [0.2, 0.25) is 11.8 Å². The van der Waals surface area contributed by atoms with Crippen LogP contribution in [0.4, 0.5) is 8.78 Å². The van der Waals surface area contributed by atoms with E-state index in [1.807, 2.05) is 43.3 Å². The first-order valence-corrected chi connectivity index (χ1v) is 11.4. The van der Waals surface area contributed by atoms with E-state index in [1.54, 1.807) is 16.8 Å². The molecule has 7 heteroatoms. The Morgan fingerprint density at radius 2 is 1.88 bits per heavy atom. The number of carbonyl (C=O) groups excluding carboxylic acids is 2. The zero-order chi connectivity index (χ0) is 23.5. The van der Waals surface area contributed by atoms with Gasteiger partial charge in [0.25, 0.3) is 0 Å². The van der Waals surface area contributed by atoms with Crippen LogP contribution >= 0.6 is 0 Å². The van der Waals surface area contributed by atoms with Gasteiger partial charge in [-0.2, -0.15) is 0 Å². The van der Waals surface area contributed by atoms with Crippen LogP contribution in [0.5, 0.6) is 0 Å². The van der Waals surface area contributed by atoms with Crippen molar-refractivity contribution >= 4 is 17.4 Å². The number of halogens is 2. The van der Waals surface area contributed by atoms with Gasteiger partial charge < -0.3 is 9.80 Å². The summed E-state index contributed by atoms with van der Waals surface area (Å²) < 4.78 is 28.4. The second kappa shape index (κ2) is 9.83. The second-order valence-corrected chi connectivity index (χ2v) is 8.74. The van der Waals surface area contributed by atoms with E-state index < -0.39 is 23.7 Å². The smallest absolute Gasteiger partial charge is 0.241 e. The average Bonchev–Trinajstić information content (AvgIpc) is 3.57. The van der Waals surface area contributed by atoms with E-state index in [9.17, 15) is 18.4 Å². The molecule has 0 bridgehead atoms. The van der Waals surface area contributed by atoms with Crippen LogP contribution in [0.15, 0.2) is 54.6 Å². The first-order chi connectivity index (χ1) is 15.9. The summed E-state index contributed by atoms with van der Waals surface area (Å²) in [5.74, 6) is -1.07. The van der Waals surface area contributed by atoms with Gasteiger partial charge in [-0.25, -0.2) is 8.78 Å². The Morgan fingerprint density at radius 3 is 2.55 bits per heavy atom. The molecule has 1 fully saturated rings. The van der Waals surface area contributed by atoms with Gasteiger partial charge in [-0.15, -0.1) is 0 Å². The molecule has 0 aromatic heterocycles. The summed E-state index contributed by atoms with van der Waals surface area (Å²) in [6, 6.07) is 12.0. The van der Waals surface area contributed by atoms with E-state index >= 15 is 0 Å². The Kier molecular flexibility index (Phi) is 6.88. The van der Waals surface area contributed by atoms with Crippen molar-refractivity contribution in [2.75, 3.05) is 26.7 Å². The number of benzene rings is 2. The Bertz CT molecular complexity index is 1050. The summed E-state index contributed by atoms with van der Waals surface area (Å²) in [6.07, 6.45) is 3.68. The second-order valence-electron chi connectivity index (χ2n) is 8.74. The van der Waals surface area contributed by atoms with Gasteiger partial charge in [0.15, 0.2) is 0 Å². The molecule has 2 aromatic carbocycles. The molecule has 4 rings (SSSR count). The summed E-state index contributed by atoms with van der Waals surface area (Å²) in [4.78, 5) is 29.4. The van der Waals surface area contributed by atoms with E-state index in [0.29, 0.717) is 12.1 Å². The molecule has 5 nitrogen and oxygen atoms in total. The molecular formula is C26H29F2N3O2. The Balaban J connectivity index is 1.61. The normalized spacial score (nSPS) is 18.7. The van der Waals surface area contributed by atoms with Gasteiger partial charge in [0.1, 0.15) is 11.6 Å². The highest BCUT2D eigenvalue weighted by Gasteiger charge is 2.42. The average molecular weight is 454 g/mol. The number of amides is 2. The SMILES string of the molecule is CCN(C)C(=O)CN[C@H](C(=O)N1CC(c2cc(F)ccc2F)=C[C@H]1c1ccccc1)C1CC1. The Labute approximate surface area is 193 Å². The molecule has 1 saturated carbocycles. The van der Waals surface area contributed by atoms with Gasteiger partial charge in [-0.1, -0.05) is 36.4 Å². The van der Waals surface area contributed by atoms with Crippen molar-refractivity contribution in [1.29, 1.82) is 0 Å². The van der Waals surface area contributed by atoms with E-state index in [2.05, 4.69) is 5.32 Å². The standard InChI is InChI=1S/C26H29F2N3O2/c1-3-30(2)24(32)15-29-25(18-9-10-18)26(33)31-16-19(21-14-20(27)11-12-22(21)28)13-23(31)17-7-5-4-6-8-17/h4-8,11-14,18,23,25,29H,3,9-10,15-16H2,1-2H3/t23-,25-/m0/s1. The number of hydrogen-bond donors (Lipinski definition) is 1. The first kappa shape index (κ1) is 23.1. The predicted molar refractivity (Wildman–Crippen MR) is 123 cm³/mol. The van der Waals surface area contributed by atoms with Gasteiger partial charge >= 0.3 is 0 Å². The highest BCUT2D eigenvalue weighted by molar-refractivity contribution is 5.88. The minimum absolute atomic E-state index is 0.0716. The minimum atomic E-state index is -0.524. The fraction of sp³-hybridized carbons (Fsp3) is 0.385. The lowest BCUT2D eigenvalue weighted by Gasteiger charge is -2.30. The number of nitrogens with one attached hydrogen (secondary N) is 1. The highest BCUT2D eigenvalue weighted by atomic mass is 19.1. The van der Waals surface area contributed by atoms with Gasteiger partial charge in [-0.3, -0.25) is 14.9 Å². The molecular weight excluding hydrogens is 424 g/mol. The Morgan fingerprint density at radius 1 is 1.15 bits per heavy atom. The van der Waals surface area contributed by atoms with Crippen molar-refractivity contribution in [3.63, 3.8) is 0 Å². The maximum atomic E-state index is 14.5. The summed E-state index contributed by atoms with van der Waals surface area (Å²) in [7, 11) is 1.73. The fourth-order valence-electron chi connectivity index (χ4n) is 4.25. The van der Waals surface area contributed by atoms with Crippen molar-refractivity contribution in [3.8, 4) is 0 Å². The number of likely N-dealkylation sites (N-methyl/N-ethyl adjacent to an activating group) is 1. The van der Waals surface area contributed by atoms with Gasteiger partial charge in [-0.05, 0) is 55.0 Å². The number of carbonyl (C=O) groups is 2. The van der Waals surface area contributed by atoms with Crippen LogP contribution in [0.3, 0.4) is 0 Å². The predicted octanol–water partition coefficient (Wildman–Crippen LogP) is 3.78. The van der Waals surface area contributed by atoms with Gasteiger partial charge in [0.05, 0.1) is 18.6 Å². The van der Waals surface area contributed by atoms with Crippen molar-refractivity contribution in [1.82, 2.24) is 15.1 Å². The van der Waals surface area contributed by atoms with E-state index in [-0.39, 0.29) is 36.4 Å². The number of nitrogens with zero attached hydrogens (tertiary/aromatic N) is 2. The maximum absolute atomic E-state index is 14.5. The van der Waals surface area contributed by atoms with Crippen LogP contribution < -0.4 is 5.32 Å². The first-order valence-electron chi connectivity index (χ1n) is 11.4. The summed E-state index contributed by atoms with van der Waals surface area (Å²) >= 11 is 0. The van der Waals surface area contributed by atoms with Crippen LogP contribution in [0, 0.1) is 17.6 Å². The van der Waals surface area contributed by atoms with Crippen LogP contribution in [0.1, 0.15) is 36.9 Å².